The van der Waals surface area contributed by atoms with Gasteiger partial charge in [-0.2, -0.15) is 8.78 Å². The lowest BCUT2D eigenvalue weighted by molar-refractivity contribution is -0.0503. The molecule has 1 aromatic heterocycles. The Kier molecular flexibility index (Phi) is 11.1. The summed E-state index contributed by atoms with van der Waals surface area (Å²) in [6.45, 7) is 6.00. The molecule has 2 N–H and O–H groups in total. The minimum absolute atomic E-state index is 0. The number of hydrogen-bond donors (Lipinski definition) is 2. The zero-order valence-electron chi connectivity index (χ0n) is 17.1. The fourth-order valence-electron chi connectivity index (χ4n) is 3.00. The van der Waals surface area contributed by atoms with Crippen LogP contribution in [0, 0.1) is 13.8 Å². The van der Waals surface area contributed by atoms with Crippen LogP contribution in [0.3, 0.4) is 0 Å². The van der Waals surface area contributed by atoms with Crippen molar-refractivity contribution < 1.29 is 18.0 Å². The molecule has 0 saturated carbocycles. The standard InChI is InChI=1S/C19H24Cl2F2N4O2.HI/c1-5-24-19(25-8-10(2)16-11(3)27-29-12(16)4)26-9-13-6-14(20)7-15(21)17(13)28-18(22)23;/h6-7,10,18H,5,8-9H2,1-4H3,(H2,24,25,26);1H. The molecule has 11 heteroatoms. The first-order chi connectivity index (χ1) is 13.7. The highest BCUT2D eigenvalue weighted by atomic mass is 127. The van der Waals surface area contributed by atoms with Gasteiger partial charge in [-0.15, -0.1) is 24.0 Å². The van der Waals surface area contributed by atoms with Crippen molar-refractivity contribution >= 4 is 53.1 Å². The molecule has 168 valence electrons. The summed E-state index contributed by atoms with van der Waals surface area (Å²) in [5, 5.41) is 10.7. The minimum atomic E-state index is -3.00. The van der Waals surface area contributed by atoms with E-state index in [0.717, 1.165) is 17.0 Å². The molecule has 6 nitrogen and oxygen atoms in total. The van der Waals surface area contributed by atoms with Crippen molar-refractivity contribution in [3.8, 4) is 5.75 Å². The smallest absolute Gasteiger partial charge is 0.387 e. The maximum absolute atomic E-state index is 12.7. The first-order valence-electron chi connectivity index (χ1n) is 9.10. The number of aryl methyl sites for hydroxylation is 2. The SMILES string of the molecule is CCNC(=NCc1cc(Cl)cc(Cl)c1OC(F)F)NCC(C)c1c(C)noc1C.I. The van der Waals surface area contributed by atoms with E-state index in [4.69, 9.17) is 27.7 Å². The normalized spacial score (nSPS) is 12.5. The molecule has 2 aromatic rings. The number of ether oxygens (including phenoxy) is 1. The lowest BCUT2D eigenvalue weighted by Gasteiger charge is -2.16. The molecule has 0 amide bonds. The van der Waals surface area contributed by atoms with Gasteiger partial charge in [0.05, 0.1) is 17.3 Å². The van der Waals surface area contributed by atoms with Gasteiger partial charge in [-0.1, -0.05) is 35.3 Å². The summed E-state index contributed by atoms with van der Waals surface area (Å²) >= 11 is 12.0. The molecule has 0 saturated heterocycles. The van der Waals surface area contributed by atoms with E-state index in [1.54, 1.807) is 0 Å². The molecular formula is C19H25Cl2F2IN4O2. The Morgan fingerprint density at radius 3 is 2.53 bits per heavy atom. The number of halogens is 5. The molecule has 0 spiro atoms. The average molecular weight is 577 g/mol. The Morgan fingerprint density at radius 2 is 1.97 bits per heavy atom. The Morgan fingerprint density at radius 1 is 1.27 bits per heavy atom. The quantitative estimate of drug-likeness (QED) is 0.240. The summed E-state index contributed by atoms with van der Waals surface area (Å²) in [5.74, 6) is 1.30. The number of nitrogens with one attached hydrogen (secondary N) is 2. The summed E-state index contributed by atoms with van der Waals surface area (Å²) in [6.07, 6.45) is 0. The number of guanidine groups is 1. The first-order valence-corrected chi connectivity index (χ1v) is 9.86. The molecule has 0 fully saturated rings. The van der Waals surface area contributed by atoms with Crippen molar-refractivity contribution in [3.05, 3.63) is 44.8 Å². The molecule has 0 aliphatic carbocycles. The fourth-order valence-corrected chi connectivity index (χ4v) is 3.58. The van der Waals surface area contributed by atoms with Crippen LogP contribution in [-0.4, -0.2) is 30.8 Å². The van der Waals surface area contributed by atoms with Crippen LogP contribution in [0.1, 0.15) is 42.3 Å². The highest BCUT2D eigenvalue weighted by molar-refractivity contribution is 14.0. The number of benzene rings is 1. The Bertz CT molecular complexity index is 846. The number of nitrogens with zero attached hydrogens (tertiary/aromatic N) is 2. The second-order valence-corrected chi connectivity index (χ2v) is 7.31. The summed E-state index contributed by atoms with van der Waals surface area (Å²) < 4.78 is 35.2. The predicted molar refractivity (Wildman–Crippen MR) is 126 cm³/mol. The summed E-state index contributed by atoms with van der Waals surface area (Å²) in [4.78, 5) is 4.45. The van der Waals surface area contributed by atoms with Gasteiger partial charge in [-0.25, -0.2) is 4.99 Å². The highest BCUT2D eigenvalue weighted by Crippen LogP contribution is 2.34. The van der Waals surface area contributed by atoms with E-state index >= 15 is 0 Å². The van der Waals surface area contributed by atoms with Crippen molar-refractivity contribution in [1.82, 2.24) is 15.8 Å². The number of hydrogen-bond acceptors (Lipinski definition) is 4. The van der Waals surface area contributed by atoms with Crippen molar-refractivity contribution in [3.63, 3.8) is 0 Å². The molecule has 0 bridgehead atoms. The van der Waals surface area contributed by atoms with Gasteiger partial charge >= 0.3 is 6.61 Å². The van der Waals surface area contributed by atoms with Crippen LogP contribution >= 0.6 is 47.2 Å². The van der Waals surface area contributed by atoms with Gasteiger partial charge in [-0.3, -0.25) is 0 Å². The van der Waals surface area contributed by atoms with Crippen molar-refractivity contribution in [2.75, 3.05) is 13.1 Å². The summed E-state index contributed by atoms with van der Waals surface area (Å²) in [6, 6.07) is 2.85. The molecule has 0 aliphatic rings. The highest BCUT2D eigenvalue weighted by Gasteiger charge is 2.18. The molecule has 2 rings (SSSR count). The largest absolute Gasteiger partial charge is 0.433 e. The van der Waals surface area contributed by atoms with E-state index in [1.165, 1.54) is 12.1 Å². The summed E-state index contributed by atoms with van der Waals surface area (Å²) in [7, 11) is 0. The van der Waals surface area contributed by atoms with E-state index in [0.29, 0.717) is 29.6 Å². The van der Waals surface area contributed by atoms with Crippen LogP contribution < -0.4 is 15.4 Å². The zero-order valence-corrected chi connectivity index (χ0v) is 20.9. The molecule has 0 aliphatic heterocycles. The third kappa shape index (κ3) is 7.42. The number of alkyl halides is 2. The van der Waals surface area contributed by atoms with Crippen LogP contribution in [0.4, 0.5) is 8.78 Å². The lowest BCUT2D eigenvalue weighted by Crippen LogP contribution is -2.39. The lowest BCUT2D eigenvalue weighted by atomic mass is 10.00. The van der Waals surface area contributed by atoms with Gasteiger partial charge < -0.3 is 19.9 Å². The van der Waals surface area contributed by atoms with E-state index in [9.17, 15) is 8.78 Å². The predicted octanol–water partition coefficient (Wildman–Crippen LogP) is 5.68. The van der Waals surface area contributed by atoms with E-state index < -0.39 is 6.61 Å². The molecule has 1 heterocycles. The van der Waals surface area contributed by atoms with Crippen molar-refractivity contribution in [1.29, 1.82) is 0 Å². The van der Waals surface area contributed by atoms with Gasteiger partial charge in [0.2, 0.25) is 0 Å². The van der Waals surface area contributed by atoms with Gasteiger partial charge in [0, 0.05) is 35.2 Å². The maximum Gasteiger partial charge on any atom is 0.387 e. The number of aromatic nitrogens is 1. The molecule has 0 radical (unpaired) electrons. The van der Waals surface area contributed by atoms with Gasteiger partial charge in [0.15, 0.2) is 5.96 Å². The third-order valence-corrected chi connectivity index (χ3v) is 4.70. The molecule has 30 heavy (non-hydrogen) atoms. The number of rotatable bonds is 8. The summed E-state index contributed by atoms with van der Waals surface area (Å²) in [5.41, 5.74) is 2.25. The second-order valence-electron chi connectivity index (χ2n) is 6.47. The fraction of sp³-hybridized carbons (Fsp3) is 0.474. The Labute approximate surface area is 201 Å². The van der Waals surface area contributed by atoms with E-state index in [1.807, 2.05) is 20.8 Å². The van der Waals surface area contributed by atoms with E-state index in [-0.39, 0.29) is 47.2 Å². The minimum Gasteiger partial charge on any atom is -0.433 e. The van der Waals surface area contributed by atoms with Crippen LogP contribution in [0.2, 0.25) is 10.0 Å². The zero-order chi connectivity index (χ0) is 21.6. The molecule has 1 unspecified atom stereocenters. The van der Waals surface area contributed by atoms with Crippen LogP contribution in [0.15, 0.2) is 21.6 Å². The topological polar surface area (TPSA) is 71.7 Å². The maximum atomic E-state index is 12.7. The van der Waals surface area contributed by atoms with E-state index in [2.05, 4.69) is 32.4 Å². The first kappa shape index (κ1) is 26.7. The van der Waals surface area contributed by atoms with Gasteiger partial charge in [0.1, 0.15) is 11.5 Å². The molecule has 1 aromatic carbocycles. The monoisotopic (exact) mass is 576 g/mol. The van der Waals surface area contributed by atoms with Crippen molar-refractivity contribution in [2.45, 2.75) is 46.8 Å². The van der Waals surface area contributed by atoms with Crippen LogP contribution in [-0.2, 0) is 6.54 Å². The van der Waals surface area contributed by atoms with Gasteiger partial charge in [-0.05, 0) is 32.9 Å². The van der Waals surface area contributed by atoms with Crippen LogP contribution in [0.5, 0.6) is 5.75 Å². The molecule has 1 atom stereocenters. The van der Waals surface area contributed by atoms with Gasteiger partial charge in [0.25, 0.3) is 0 Å². The molecular weight excluding hydrogens is 552 g/mol. The third-order valence-electron chi connectivity index (χ3n) is 4.20. The van der Waals surface area contributed by atoms with Crippen molar-refractivity contribution in [2.24, 2.45) is 4.99 Å². The average Bonchev–Trinajstić information content (AvgIpc) is 2.98. The number of aliphatic imine (C=N–C) groups is 1. The Balaban J connectivity index is 0.00000450. The Hall–Kier alpha value is -1.33. The van der Waals surface area contributed by atoms with Crippen LogP contribution in [0.25, 0.3) is 0 Å². The second kappa shape index (κ2) is 12.5.